The van der Waals surface area contributed by atoms with Gasteiger partial charge in [0.1, 0.15) is 5.92 Å². The number of halogens is 2. The quantitative estimate of drug-likeness (QED) is 0.453. The summed E-state index contributed by atoms with van der Waals surface area (Å²) in [4.78, 5) is 0. The van der Waals surface area contributed by atoms with E-state index in [1.807, 2.05) is 0 Å². The molecule has 0 radical (unpaired) electrons. The summed E-state index contributed by atoms with van der Waals surface area (Å²) in [6.07, 6.45) is -3.38. The minimum Gasteiger partial charge on any atom is -0.350 e. The first-order chi connectivity index (χ1) is 8.77. The molecule has 116 valence electrons. The molecular weight excluding hydrogens is 277 g/mol. The lowest BCUT2D eigenvalue weighted by Gasteiger charge is -2.39. The number of hydrogen-bond acceptors (Lipinski definition) is 4. The molecule has 0 aromatic heterocycles. The highest BCUT2D eigenvalue weighted by Crippen LogP contribution is 2.44. The molecule has 0 aliphatic carbocycles. The van der Waals surface area contributed by atoms with Crippen LogP contribution in [-0.4, -0.2) is 31.3 Å². The van der Waals surface area contributed by atoms with Crippen molar-refractivity contribution in [3.05, 3.63) is 0 Å². The van der Waals surface area contributed by atoms with Gasteiger partial charge in [-0.15, -0.1) is 0 Å². The lowest BCUT2D eigenvalue weighted by atomic mass is 9.95. The lowest BCUT2D eigenvalue weighted by Crippen LogP contribution is -2.49. The monoisotopic (exact) mass is 302 g/mol. The van der Waals surface area contributed by atoms with Crippen LogP contribution < -0.4 is 0 Å². The van der Waals surface area contributed by atoms with Crippen molar-refractivity contribution < 1.29 is 27.3 Å². The maximum absolute atomic E-state index is 14.1. The second-order valence-electron chi connectivity index (χ2n) is 4.23. The number of alkyl halides is 2. The molecule has 0 N–H and O–H groups in total. The third kappa shape index (κ3) is 5.46. The molecule has 0 aliphatic rings. The van der Waals surface area contributed by atoms with Gasteiger partial charge in [-0.25, -0.2) is 0 Å². The molecule has 0 amide bonds. The maximum Gasteiger partial charge on any atom is 0.368 e. The van der Waals surface area contributed by atoms with Gasteiger partial charge in [0.2, 0.25) is 0 Å². The molecule has 0 aromatic carbocycles. The summed E-state index contributed by atoms with van der Waals surface area (Å²) in [5, 5.41) is 0. The zero-order chi connectivity index (χ0) is 15.1. The predicted molar refractivity (Wildman–Crippen MR) is 71.0 cm³/mol. The van der Waals surface area contributed by atoms with Crippen molar-refractivity contribution in [2.45, 2.75) is 52.9 Å². The molecule has 0 saturated carbocycles. The molecule has 0 bridgehead atoms. The van der Waals surface area contributed by atoms with Crippen LogP contribution in [0.15, 0.2) is 0 Å². The average molecular weight is 302 g/mol. The number of ether oxygens (including phenoxy) is 2. The Labute approximate surface area is 114 Å². The molecule has 2 atom stereocenters. The van der Waals surface area contributed by atoms with E-state index in [9.17, 15) is 13.3 Å². The van der Waals surface area contributed by atoms with Crippen molar-refractivity contribution in [3.8, 4) is 0 Å². The average Bonchev–Trinajstić information content (AvgIpc) is 2.28. The van der Waals surface area contributed by atoms with Crippen LogP contribution in [0.3, 0.4) is 0 Å². The van der Waals surface area contributed by atoms with Gasteiger partial charge >= 0.3 is 6.11 Å². The Kier molecular flexibility index (Phi) is 8.29. The zero-order valence-corrected chi connectivity index (χ0v) is 13.3. The van der Waals surface area contributed by atoms with E-state index in [4.69, 9.17) is 9.47 Å². The molecule has 2 unspecified atom stereocenters. The standard InChI is InChI=1S/C12H25F2O4P/c1-6-10(11(5,16-7-2)17-8-3)12(13,14)18-19(15)9-4/h10,19H,6-9H2,1-5H3. The van der Waals surface area contributed by atoms with Gasteiger partial charge in [0.25, 0.3) is 0 Å². The number of hydrogen-bond donors (Lipinski definition) is 0. The molecular formula is C12H25F2O4P. The van der Waals surface area contributed by atoms with Crippen LogP contribution in [-0.2, 0) is 18.6 Å². The van der Waals surface area contributed by atoms with E-state index in [1.165, 1.54) is 6.92 Å². The highest BCUT2D eigenvalue weighted by molar-refractivity contribution is 7.39. The summed E-state index contributed by atoms with van der Waals surface area (Å²) < 4.78 is 54.6. The third-order valence-electron chi connectivity index (χ3n) is 2.85. The number of rotatable bonds is 10. The van der Waals surface area contributed by atoms with Crippen molar-refractivity contribution in [3.63, 3.8) is 0 Å². The van der Waals surface area contributed by atoms with Crippen LogP contribution in [0.25, 0.3) is 0 Å². The molecule has 0 rings (SSSR count). The topological polar surface area (TPSA) is 44.8 Å². The minimum atomic E-state index is -3.54. The summed E-state index contributed by atoms with van der Waals surface area (Å²) in [5.41, 5.74) is 0. The Morgan fingerprint density at radius 3 is 1.89 bits per heavy atom. The van der Waals surface area contributed by atoms with E-state index in [0.29, 0.717) is 0 Å². The van der Waals surface area contributed by atoms with Gasteiger partial charge in [-0.3, -0.25) is 9.09 Å². The molecule has 0 aliphatic heterocycles. The highest BCUT2D eigenvalue weighted by Gasteiger charge is 2.53. The summed E-state index contributed by atoms with van der Waals surface area (Å²) in [7, 11) is -2.74. The summed E-state index contributed by atoms with van der Waals surface area (Å²) in [5.74, 6) is -2.78. The largest absolute Gasteiger partial charge is 0.368 e. The van der Waals surface area contributed by atoms with Gasteiger partial charge in [-0.1, -0.05) is 13.8 Å². The van der Waals surface area contributed by atoms with Crippen LogP contribution >= 0.6 is 8.03 Å². The first-order valence-electron chi connectivity index (χ1n) is 6.64. The molecule has 4 nitrogen and oxygen atoms in total. The molecule has 0 fully saturated rings. The Hall–Kier alpha value is -0.0300. The van der Waals surface area contributed by atoms with E-state index in [2.05, 4.69) is 4.52 Å². The molecule has 0 saturated heterocycles. The first kappa shape index (κ1) is 19.0. The normalized spacial score (nSPS) is 16.4. The van der Waals surface area contributed by atoms with Crippen LogP contribution in [0.2, 0.25) is 0 Å². The van der Waals surface area contributed by atoms with E-state index in [1.54, 1.807) is 27.7 Å². The lowest BCUT2D eigenvalue weighted by molar-refractivity contribution is -0.331. The van der Waals surface area contributed by atoms with Gasteiger partial charge in [-0.05, 0) is 27.2 Å². The van der Waals surface area contributed by atoms with Crippen molar-refractivity contribution in [2.24, 2.45) is 5.92 Å². The van der Waals surface area contributed by atoms with Crippen LogP contribution in [0.1, 0.15) is 41.0 Å². The highest BCUT2D eigenvalue weighted by atomic mass is 31.1. The fraction of sp³-hybridized carbons (Fsp3) is 1.00. The predicted octanol–water partition coefficient (Wildman–Crippen LogP) is 3.91. The van der Waals surface area contributed by atoms with Crippen molar-refractivity contribution in [2.75, 3.05) is 19.4 Å². The SMILES string of the molecule is CCOC(C)(OCC)C(CC)C(F)(F)O[PH](=O)CC. The van der Waals surface area contributed by atoms with Crippen molar-refractivity contribution in [1.82, 2.24) is 0 Å². The smallest absolute Gasteiger partial charge is 0.350 e. The molecule has 0 spiro atoms. The van der Waals surface area contributed by atoms with Crippen LogP contribution in [0.4, 0.5) is 8.78 Å². The van der Waals surface area contributed by atoms with Crippen LogP contribution in [0.5, 0.6) is 0 Å². The molecule has 19 heavy (non-hydrogen) atoms. The van der Waals surface area contributed by atoms with Gasteiger partial charge < -0.3 is 9.47 Å². The van der Waals surface area contributed by atoms with Gasteiger partial charge in [0, 0.05) is 19.4 Å². The van der Waals surface area contributed by atoms with Gasteiger partial charge in [-0.2, -0.15) is 8.78 Å². The fourth-order valence-electron chi connectivity index (χ4n) is 2.02. The minimum absolute atomic E-state index is 0.0800. The summed E-state index contributed by atoms with van der Waals surface area (Å²) in [6, 6.07) is 0. The van der Waals surface area contributed by atoms with E-state index in [-0.39, 0.29) is 25.8 Å². The van der Waals surface area contributed by atoms with E-state index >= 15 is 0 Å². The maximum atomic E-state index is 14.1. The first-order valence-corrected chi connectivity index (χ1v) is 8.17. The van der Waals surface area contributed by atoms with Gasteiger partial charge in [0.15, 0.2) is 13.8 Å². The van der Waals surface area contributed by atoms with E-state index < -0.39 is 25.8 Å². The molecule has 7 heteroatoms. The molecule has 0 heterocycles. The summed E-state index contributed by atoms with van der Waals surface area (Å²) >= 11 is 0. The Balaban J connectivity index is 5.16. The van der Waals surface area contributed by atoms with E-state index in [0.717, 1.165) is 0 Å². The Morgan fingerprint density at radius 2 is 1.58 bits per heavy atom. The van der Waals surface area contributed by atoms with Gasteiger partial charge in [0.05, 0.1) is 0 Å². The van der Waals surface area contributed by atoms with Crippen LogP contribution in [0, 0.1) is 5.92 Å². The fourth-order valence-corrected chi connectivity index (χ4v) is 2.61. The van der Waals surface area contributed by atoms with Crippen molar-refractivity contribution in [1.29, 1.82) is 0 Å². The zero-order valence-electron chi connectivity index (χ0n) is 12.3. The second-order valence-corrected chi connectivity index (χ2v) is 5.89. The molecule has 0 aromatic rings. The Morgan fingerprint density at radius 1 is 1.11 bits per heavy atom. The second kappa shape index (κ2) is 8.30. The third-order valence-corrected chi connectivity index (χ3v) is 3.92. The Bertz CT molecular complexity index is 281. The summed E-state index contributed by atoms with van der Waals surface area (Å²) in [6.45, 7) is 8.51. The van der Waals surface area contributed by atoms with Crippen molar-refractivity contribution >= 4 is 8.03 Å².